The van der Waals surface area contributed by atoms with E-state index in [0.29, 0.717) is 32.1 Å². The Bertz CT molecular complexity index is 761. The second kappa shape index (κ2) is 12.3. The minimum absolute atomic E-state index is 0.0681. The number of unbranched alkanes of at least 4 members (excludes halogenated alkanes) is 7. The van der Waals surface area contributed by atoms with Crippen LogP contribution < -0.4 is 0 Å². The van der Waals surface area contributed by atoms with Crippen LogP contribution in [-0.2, 0) is 0 Å². The fourth-order valence-electron chi connectivity index (χ4n) is 3.25. The molecule has 2 rings (SSSR count). The van der Waals surface area contributed by atoms with Crippen molar-refractivity contribution in [3.05, 3.63) is 68.1 Å². The first-order chi connectivity index (χ1) is 13.5. The van der Waals surface area contributed by atoms with Gasteiger partial charge >= 0.3 is 0 Å². The Morgan fingerprint density at radius 1 is 0.750 bits per heavy atom. The van der Waals surface area contributed by atoms with E-state index in [1.54, 1.807) is 24.3 Å². The number of Topliss-reactive ketones (excluding diaryl/α,β-unsaturated/α-hetero) is 1. The van der Waals surface area contributed by atoms with E-state index < -0.39 is 0 Å². The molecule has 0 atom stereocenters. The summed E-state index contributed by atoms with van der Waals surface area (Å²) < 4.78 is 1.30. The zero-order chi connectivity index (χ0) is 20.4. The van der Waals surface area contributed by atoms with Crippen molar-refractivity contribution in [1.82, 2.24) is 0 Å². The monoisotopic (exact) mass is 506 g/mol. The van der Waals surface area contributed by atoms with Gasteiger partial charge in [0.1, 0.15) is 0 Å². The molecule has 2 nitrogen and oxygen atoms in total. The molecule has 0 amide bonds. The molecule has 0 N–H and O–H groups in total. The van der Waals surface area contributed by atoms with Crippen LogP contribution in [0, 0.1) is 0 Å². The van der Waals surface area contributed by atoms with Crippen molar-refractivity contribution in [2.75, 3.05) is 0 Å². The Hall–Kier alpha value is -1.26. The van der Waals surface area contributed by atoms with Crippen molar-refractivity contribution < 1.29 is 9.59 Å². The molecule has 0 bridgehead atoms. The van der Waals surface area contributed by atoms with Gasteiger partial charge in [0.2, 0.25) is 0 Å². The summed E-state index contributed by atoms with van der Waals surface area (Å²) in [5.74, 6) is 0.0625. The second-order valence-corrected chi connectivity index (χ2v) is 8.87. The van der Waals surface area contributed by atoms with Crippen molar-refractivity contribution in [3.63, 3.8) is 0 Å². The lowest BCUT2D eigenvalue weighted by molar-refractivity contribution is 0.0976. The third kappa shape index (κ3) is 6.97. The van der Waals surface area contributed by atoms with Crippen LogP contribution in [0.1, 0.15) is 91.0 Å². The number of carbonyl (C=O) groups is 2. The molecule has 0 saturated heterocycles. The maximum absolute atomic E-state index is 12.8. The number of hydrogen-bond donors (Lipinski definition) is 0. The fourth-order valence-corrected chi connectivity index (χ4v) is 4.80. The number of ketones is 2. The van der Waals surface area contributed by atoms with Gasteiger partial charge in [0.05, 0.1) is 5.56 Å². The molecule has 0 aromatic heterocycles. The number of hydrogen-bond acceptors (Lipinski definition) is 2. The SMILES string of the molecule is CCCCCCCCCCC(=O)c1cc(Br)c(C(=O)c2ccccc2)c(Br)c1. The lowest BCUT2D eigenvalue weighted by atomic mass is 9.99. The van der Waals surface area contributed by atoms with Gasteiger partial charge in [-0.15, -0.1) is 0 Å². The Morgan fingerprint density at radius 3 is 1.86 bits per heavy atom. The maximum atomic E-state index is 12.8. The van der Waals surface area contributed by atoms with Gasteiger partial charge in [-0.1, -0.05) is 82.2 Å². The standard InChI is InChI=1S/C24H28Br2O2/c1-2-3-4-5-6-7-8-12-15-22(27)19-16-20(25)23(21(26)17-19)24(28)18-13-10-9-11-14-18/h9-11,13-14,16-17H,2-8,12,15H2,1H3. The minimum atomic E-state index is -0.0681. The molecule has 0 aliphatic rings. The molecule has 0 saturated carbocycles. The van der Waals surface area contributed by atoms with Crippen molar-refractivity contribution in [3.8, 4) is 0 Å². The average molecular weight is 508 g/mol. The molecule has 0 unspecified atom stereocenters. The first kappa shape index (κ1) is 23.0. The van der Waals surface area contributed by atoms with Crippen molar-refractivity contribution >= 4 is 43.4 Å². The van der Waals surface area contributed by atoms with E-state index in [1.165, 1.54) is 38.5 Å². The highest BCUT2D eigenvalue weighted by molar-refractivity contribution is 9.11. The van der Waals surface area contributed by atoms with Crippen LogP contribution in [0.25, 0.3) is 0 Å². The van der Waals surface area contributed by atoms with Gasteiger partial charge in [-0.25, -0.2) is 0 Å². The summed E-state index contributed by atoms with van der Waals surface area (Å²) in [5.41, 5.74) is 1.82. The predicted octanol–water partition coefficient (Wildman–Crippen LogP) is 8.16. The molecule has 0 aliphatic heterocycles. The summed E-state index contributed by atoms with van der Waals surface area (Å²) in [6, 6.07) is 12.7. The zero-order valence-corrected chi connectivity index (χ0v) is 19.6. The Morgan fingerprint density at radius 2 is 1.29 bits per heavy atom. The quantitative estimate of drug-likeness (QED) is 0.214. The summed E-state index contributed by atoms with van der Waals surface area (Å²) in [7, 11) is 0. The van der Waals surface area contributed by atoms with Crippen LogP contribution in [0.5, 0.6) is 0 Å². The lowest BCUT2D eigenvalue weighted by Crippen LogP contribution is -2.06. The smallest absolute Gasteiger partial charge is 0.195 e. The van der Waals surface area contributed by atoms with E-state index in [9.17, 15) is 9.59 Å². The summed E-state index contributed by atoms with van der Waals surface area (Å²) in [5, 5.41) is 0. The van der Waals surface area contributed by atoms with E-state index in [-0.39, 0.29) is 11.6 Å². The van der Waals surface area contributed by atoms with Crippen LogP contribution >= 0.6 is 31.9 Å². The van der Waals surface area contributed by atoms with Gasteiger partial charge in [-0.05, 0) is 50.4 Å². The largest absolute Gasteiger partial charge is 0.294 e. The molecular weight excluding hydrogens is 480 g/mol. The molecule has 4 heteroatoms. The third-order valence-corrected chi connectivity index (χ3v) is 6.14. The normalized spacial score (nSPS) is 10.8. The molecule has 28 heavy (non-hydrogen) atoms. The Kier molecular flexibility index (Phi) is 10.1. The summed E-state index contributed by atoms with van der Waals surface area (Å²) >= 11 is 6.97. The van der Waals surface area contributed by atoms with Crippen molar-refractivity contribution in [1.29, 1.82) is 0 Å². The molecule has 0 fully saturated rings. The van der Waals surface area contributed by atoms with Gasteiger partial charge in [0.15, 0.2) is 11.6 Å². The van der Waals surface area contributed by atoms with E-state index >= 15 is 0 Å². The van der Waals surface area contributed by atoms with Crippen molar-refractivity contribution in [2.45, 2.75) is 64.7 Å². The second-order valence-electron chi connectivity index (χ2n) is 7.16. The molecular formula is C24H28Br2O2. The van der Waals surface area contributed by atoms with Crippen LogP contribution in [0.3, 0.4) is 0 Å². The van der Waals surface area contributed by atoms with Crippen LogP contribution in [0.15, 0.2) is 51.4 Å². The van der Waals surface area contributed by atoms with Crippen LogP contribution in [-0.4, -0.2) is 11.6 Å². The summed E-state index contributed by atoms with van der Waals surface area (Å²) in [6.45, 7) is 2.23. The first-order valence-electron chi connectivity index (χ1n) is 10.2. The Labute approximate surface area is 185 Å². The van der Waals surface area contributed by atoms with Crippen LogP contribution in [0.2, 0.25) is 0 Å². The molecule has 2 aromatic rings. The van der Waals surface area contributed by atoms with Gasteiger partial charge in [0.25, 0.3) is 0 Å². The molecule has 0 aliphatic carbocycles. The van der Waals surface area contributed by atoms with Gasteiger partial charge in [0, 0.05) is 26.5 Å². The first-order valence-corrected chi connectivity index (χ1v) is 11.7. The zero-order valence-electron chi connectivity index (χ0n) is 16.5. The van der Waals surface area contributed by atoms with Gasteiger partial charge < -0.3 is 0 Å². The number of benzene rings is 2. The summed E-state index contributed by atoms with van der Waals surface area (Å²) in [4.78, 5) is 25.3. The highest BCUT2D eigenvalue weighted by Gasteiger charge is 2.19. The minimum Gasteiger partial charge on any atom is -0.294 e. The van der Waals surface area contributed by atoms with Crippen molar-refractivity contribution in [2.24, 2.45) is 0 Å². The molecule has 0 radical (unpaired) electrons. The number of halogens is 2. The molecule has 2 aromatic carbocycles. The highest BCUT2D eigenvalue weighted by atomic mass is 79.9. The van der Waals surface area contributed by atoms with E-state index in [1.807, 2.05) is 18.2 Å². The maximum Gasteiger partial charge on any atom is 0.195 e. The summed E-state index contributed by atoms with van der Waals surface area (Å²) in [6.07, 6.45) is 10.3. The van der Waals surface area contributed by atoms with Crippen LogP contribution in [0.4, 0.5) is 0 Å². The van der Waals surface area contributed by atoms with E-state index in [2.05, 4.69) is 38.8 Å². The topological polar surface area (TPSA) is 34.1 Å². The number of carbonyl (C=O) groups excluding carboxylic acids is 2. The fraction of sp³-hybridized carbons (Fsp3) is 0.417. The molecule has 150 valence electrons. The molecule has 0 spiro atoms. The van der Waals surface area contributed by atoms with E-state index in [4.69, 9.17) is 0 Å². The average Bonchev–Trinajstić information content (AvgIpc) is 2.69. The lowest BCUT2D eigenvalue weighted by Gasteiger charge is -2.10. The highest BCUT2D eigenvalue weighted by Crippen LogP contribution is 2.30. The van der Waals surface area contributed by atoms with Gasteiger partial charge in [-0.2, -0.15) is 0 Å². The Balaban J connectivity index is 1.91. The third-order valence-electron chi connectivity index (χ3n) is 4.88. The number of rotatable bonds is 12. The van der Waals surface area contributed by atoms with E-state index in [0.717, 1.165) is 12.8 Å². The molecule has 0 heterocycles. The predicted molar refractivity (Wildman–Crippen MR) is 123 cm³/mol. The van der Waals surface area contributed by atoms with Gasteiger partial charge in [-0.3, -0.25) is 9.59 Å².